The molecule has 0 aliphatic carbocycles. The number of rotatable bonds is 6. The zero-order valence-electron chi connectivity index (χ0n) is 12.0. The van der Waals surface area contributed by atoms with E-state index in [4.69, 9.17) is 4.74 Å². The highest BCUT2D eigenvalue weighted by atomic mass is 16.5. The van der Waals surface area contributed by atoms with Crippen LogP contribution in [0.2, 0.25) is 0 Å². The van der Waals surface area contributed by atoms with Crippen LogP contribution in [-0.4, -0.2) is 53.6 Å². The molecule has 0 saturated carbocycles. The topological polar surface area (TPSA) is 61.4 Å². The third-order valence-electron chi connectivity index (χ3n) is 4.06. The quantitative estimate of drug-likeness (QED) is 0.816. The van der Waals surface area contributed by atoms with Gasteiger partial charge in [0, 0.05) is 37.9 Å². The van der Waals surface area contributed by atoms with Crippen molar-refractivity contribution in [2.45, 2.75) is 32.7 Å². The minimum absolute atomic E-state index is 0.000385. The van der Waals surface area contributed by atoms with Gasteiger partial charge in [-0.1, -0.05) is 0 Å². The monoisotopic (exact) mass is 267 g/mol. The summed E-state index contributed by atoms with van der Waals surface area (Å²) in [7, 11) is 1.72. The lowest BCUT2D eigenvalue weighted by Crippen LogP contribution is -2.45. The lowest BCUT2D eigenvalue weighted by Gasteiger charge is -2.41. The minimum atomic E-state index is -0.000385. The van der Waals surface area contributed by atoms with Crippen molar-refractivity contribution in [3.8, 4) is 0 Å². The van der Waals surface area contributed by atoms with Gasteiger partial charge in [-0.25, -0.2) is 0 Å². The molecule has 0 unspecified atom stereocenters. The molecule has 19 heavy (non-hydrogen) atoms. The van der Waals surface area contributed by atoms with E-state index in [9.17, 15) is 5.11 Å². The Labute approximate surface area is 115 Å². The first-order valence-electron chi connectivity index (χ1n) is 7.00. The van der Waals surface area contributed by atoms with Crippen molar-refractivity contribution in [3.63, 3.8) is 0 Å². The number of piperidine rings is 1. The van der Waals surface area contributed by atoms with E-state index in [1.807, 2.05) is 6.92 Å². The zero-order valence-corrected chi connectivity index (χ0v) is 12.0. The molecule has 108 valence electrons. The van der Waals surface area contributed by atoms with Crippen LogP contribution in [0.25, 0.3) is 0 Å². The number of hydrogen-bond donors (Lipinski definition) is 2. The number of methoxy groups -OCH3 is 1. The first kappa shape index (κ1) is 14.5. The van der Waals surface area contributed by atoms with E-state index in [1.54, 1.807) is 7.11 Å². The molecule has 1 aliphatic rings. The van der Waals surface area contributed by atoms with Crippen LogP contribution in [0.5, 0.6) is 0 Å². The Kier molecular flexibility index (Phi) is 4.96. The Morgan fingerprint density at radius 3 is 3.05 bits per heavy atom. The van der Waals surface area contributed by atoms with Crippen LogP contribution in [0.3, 0.4) is 0 Å². The van der Waals surface area contributed by atoms with Gasteiger partial charge in [-0.3, -0.25) is 10.00 Å². The Hall–Kier alpha value is -0.910. The SMILES string of the molecule is COCC[C@@]1(CO)CCCN(Cc2cc(C)[nH]n2)C1. The first-order chi connectivity index (χ1) is 9.17. The molecule has 0 bridgehead atoms. The predicted molar refractivity (Wildman–Crippen MR) is 73.8 cm³/mol. The molecule has 1 atom stereocenters. The van der Waals surface area contributed by atoms with E-state index in [2.05, 4.69) is 21.2 Å². The van der Waals surface area contributed by atoms with E-state index in [1.165, 1.54) is 0 Å². The molecule has 0 aromatic carbocycles. The standard InChI is InChI=1S/C14H25N3O2/c1-12-8-13(16-15-12)9-17-6-3-4-14(10-17,11-18)5-7-19-2/h8,18H,3-7,9-11H2,1-2H3,(H,15,16)/t14-/m0/s1. The summed E-state index contributed by atoms with van der Waals surface area (Å²) < 4.78 is 5.18. The fraction of sp³-hybridized carbons (Fsp3) is 0.786. The number of likely N-dealkylation sites (tertiary alicyclic amines) is 1. The highest BCUT2D eigenvalue weighted by Gasteiger charge is 2.34. The van der Waals surface area contributed by atoms with Gasteiger partial charge in [0.15, 0.2) is 0 Å². The highest BCUT2D eigenvalue weighted by Crippen LogP contribution is 2.33. The summed E-state index contributed by atoms with van der Waals surface area (Å²) in [5.41, 5.74) is 2.18. The number of aliphatic hydroxyl groups excluding tert-OH is 1. The van der Waals surface area contributed by atoms with Crippen LogP contribution in [0, 0.1) is 12.3 Å². The van der Waals surface area contributed by atoms with Crippen LogP contribution >= 0.6 is 0 Å². The molecule has 1 aromatic rings. The third-order valence-corrected chi connectivity index (χ3v) is 4.06. The molecule has 0 amide bonds. The van der Waals surface area contributed by atoms with Crippen molar-refractivity contribution in [3.05, 3.63) is 17.5 Å². The highest BCUT2D eigenvalue weighted by molar-refractivity contribution is 5.06. The van der Waals surface area contributed by atoms with Gasteiger partial charge in [0.25, 0.3) is 0 Å². The van der Waals surface area contributed by atoms with E-state index in [0.29, 0.717) is 0 Å². The van der Waals surface area contributed by atoms with Gasteiger partial charge < -0.3 is 9.84 Å². The van der Waals surface area contributed by atoms with Crippen LogP contribution in [0.4, 0.5) is 0 Å². The summed E-state index contributed by atoms with van der Waals surface area (Å²) in [5.74, 6) is 0. The number of nitrogens with one attached hydrogen (secondary N) is 1. The number of ether oxygens (including phenoxy) is 1. The van der Waals surface area contributed by atoms with Crippen molar-refractivity contribution in [1.82, 2.24) is 15.1 Å². The number of aliphatic hydroxyl groups is 1. The summed E-state index contributed by atoms with van der Waals surface area (Å²) in [4.78, 5) is 2.39. The molecule has 2 heterocycles. The summed E-state index contributed by atoms with van der Waals surface area (Å²) >= 11 is 0. The number of aromatic amines is 1. The normalized spacial score (nSPS) is 24.8. The predicted octanol–water partition coefficient (Wildman–Crippen LogP) is 1.33. The lowest BCUT2D eigenvalue weighted by atomic mass is 9.78. The van der Waals surface area contributed by atoms with Crippen molar-refractivity contribution in [2.24, 2.45) is 5.41 Å². The summed E-state index contributed by atoms with van der Waals surface area (Å²) in [6, 6.07) is 2.09. The van der Waals surface area contributed by atoms with Crippen molar-refractivity contribution >= 4 is 0 Å². The maximum atomic E-state index is 9.75. The summed E-state index contributed by atoms with van der Waals surface area (Å²) in [6.45, 7) is 5.85. The van der Waals surface area contributed by atoms with Crippen LogP contribution in [0.1, 0.15) is 30.7 Å². The Balaban J connectivity index is 1.95. The maximum absolute atomic E-state index is 9.75. The fourth-order valence-electron chi connectivity index (χ4n) is 2.96. The number of nitrogens with zero attached hydrogens (tertiary/aromatic N) is 2. The van der Waals surface area contributed by atoms with Gasteiger partial charge in [0.05, 0.1) is 12.3 Å². The molecule has 1 fully saturated rings. The number of hydrogen-bond acceptors (Lipinski definition) is 4. The number of aromatic nitrogens is 2. The van der Waals surface area contributed by atoms with Gasteiger partial charge >= 0.3 is 0 Å². The second-order valence-electron chi connectivity index (χ2n) is 5.76. The van der Waals surface area contributed by atoms with Crippen molar-refractivity contribution in [1.29, 1.82) is 0 Å². The largest absolute Gasteiger partial charge is 0.396 e. The van der Waals surface area contributed by atoms with Crippen molar-refractivity contribution < 1.29 is 9.84 Å². The summed E-state index contributed by atoms with van der Waals surface area (Å²) in [6.07, 6.45) is 3.15. The Bertz CT molecular complexity index is 394. The molecule has 5 nitrogen and oxygen atoms in total. The molecular weight excluding hydrogens is 242 g/mol. The molecule has 2 N–H and O–H groups in total. The fourth-order valence-corrected chi connectivity index (χ4v) is 2.96. The van der Waals surface area contributed by atoms with Crippen LogP contribution in [-0.2, 0) is 11.3 Å². The van der Waals surface area contributed by atoms with Crippen LogP contribution < -0.4 is 0 Å². The third kappa shape index (κ3) is 3.78. The smallest absolute Gasteiger partial charge is 0.0765 e. The number of aryl methyl sites for hydroxylation is 1. The van der Waals surface area contributed by atoms with Crippen molar-refractivity contribution in [2.75, 3.05) is 33.4 Å². The Morgan fingerprint density at radius 2 is 2.42 bits per heavy atom. The number of H-pyrrole nitrogens is 1. The first-order valence-corrected chi connectivity index (χ1v) is 7.00. The van der Waals surface area contributed by atoms with Gasteiger partial charge in [0.1, 0.15) is 0 Å². The Morgan fingerprint density at radius 1 is 1.58 bits per heavy atom. The van der Waals surface area contributed by atoms with E-state index in [-0.39, 0.29) is 12.0 Å². The molecule has 1 aromatic heterocycles. The van der Waals surface area contributed by atoms with E-state index >= 15 is 0 Å². The minimum Gasteiger partial charge on any atom is -0.396 e. The van der Waals surface area contributed by atoms with Crippen LogP contribution in [0.15, 0.2) is 6.07 Å². The average molecular weight is 267 g/mol. The van der Waals surface area contributed by atoms with Gasteiger partial charge in [-0.05, 0) is 38.8 Å². The second-order valence-corrected chi connectivity index (χ2v) is 5.76. The van der Waals surface area contributed by atoms with E-state index in [0.717, 1.165) is 56.9 Å². The summed E-state index contributed by atoms with van der Waals surface area (Å²) in [5, 5.41) is 17.0. The molecule has 1 aliphatic heterocycles. The molecule has 1 saturated heterocycles. The lowest BCUT2D eigenvalue weighted by molar-refractivity contribution is 0.00437. The zero-order chi connectivity index (χ0) is 13.7. The molecule has 0 radical (unpaired) electrons. The molecular formula is C14H25N3O2. The molecule has 2 rings (SSSR count). The molecule has 0 spiro atoms. The van der Waals surface area contributed by atoms with E-state index < -0.39 is 0 Å². The average Bonchev–Trinajstić information content (AvgIpc) is 2.82. The van der Waals surface area contributed by atoms with Gasteiger partial charge in [-0.15, -0.1) is 0 Å². The van der Waals surface area contributed by atoms with Gasteiger partial charge in [-0.2, -0.15) is 5.10 Å². The van der Waals surface area contributed by atoms with Gasteiger partial charge in [0.2, 0.25) is 0 Å². The molecule has 5 heteroatoms. The maximum Gasteiger partial charge on any atom is 0.0765 e. The second kappa shape index (κ2) is 6.50.